The lowest BCUT2D eigenvalue weighted by Gasteiger charge is -2.01. The number of imidazole rings is 1. The molecule has 1 heterocycles. The molecule has 0 aliphatic heterocycles. The second-order valence-electron chi connectivity index (χ2n) is 2.95. The van der Waals surface area contributed by atoms with Gasteiger partial charge in [-0.25, -0.2) is 9.59 Å². The van der Waals surface area contributed by atoms with Crippen molar-refractivity contribution in [3.63, 3.8) is 0 Å². The van der Waals surface area contributed by atoms with Gasteiger partial charge in [0.2, 0.25) is 0 Å². The molecule has 2 aromatic rings. The maximum Gasteiger partial charge on any atom is 0.340 e. The number of carbonyl (C=O) groups excluding carboxylic acids is 1. The molecule has 78 valence electrons. The number of halogens is 1. The van der Waals surface area contributed by atoms with Crippen molar-refractivity contribution in [1.29, 1.82) is 0 Å². The number of esters is 1. The zero-order chi connectivity index (χ0) is 11.0. The molecule has 1 aromatic heterocycles. The van der Waals surface area contributed by atoms with Gasteiger partial charge in [0.1, 0.15) is 0 Å². The number of nitrogens with one attached hydrogen (secondary N) is 2. The fourth-order valence-electron chi connectivity index (χ4n) is 1.38. The van der Waals surface area contributed by atoms with E-state index in [2.05, 4.69) is 30.6 Å². The normalized spacial score (nSPS) is 10.5. The number of methoxy groups -OCH3 is 1. The van der Waals surface area contributed by atoms with Gasteiger partial charge in [-0.3, -0.25) is 0 Å². The third-order valence-electron chi connectivity index (χ3n) is 2.00. The first-order valence-corrected chi connectivity index (χ1v) is 4.91. The summed E-state index contributed by atoms with van der Waals surface area (Å²) in [6, 6.07) is 3.30. The number of ether oxygens (including phenoxy) is 1. The van der Waals surface area contributed by atoms with Crippen molar-refractivity contribution < 1.29 is 9.53 Å². The monoisotopic (exact) mass is 270 g/mol. The Hall–Kier alpha value is -1.56. The molecule has 0 fully saturated rings. The molecule has 0 radical (unpaired) electrons. The second-order valence-corrected chi connectivity index (χ2v) is 3.86. The summed E-state index contributed by atoms with van der Waals surface area (Å²) in [5, 5.41) is 0. The Balaban J connectivity index is 2.81. The third-order valence-corrected chi connectivity index (χ3v) is 2.45. The second kappa shape index (κ2) is 3.54. The van der Waals surface area contributed by atoms with Crippen LogP contribution in [0.1, 0.15) is 10.4 Å². The summed E-state index contributed by atoms with van der Waals surface area (Å²) >= 11 is 3.25. The Labute approximate surface area is 92.6 Å². The van der Waals surface area contributed by atoms with Crippen LogP contribution in [0.5, 0.6) is 0 Å². The van der Waals surface area contributed by atoms with Crippen molar-refractivity contribution >= 4 is 32.9 Å². The number of rotatable bonds is 1. The van der Waals surface area contributed by atoms with Gasteiger partial charge < -0.3 is 14.7 Å². The molecule has 0 bridgehead atoms. The van der Waals surface area contributed by atoms with E-state index in [0.717, 1.165) is 0 Å². The van der Waals surface area contributed by atoms with Gasteiger partial charge in [0, 0.05) is 4.47 Å². The largest absolute Gasteiger partial charge is 0.465 e. The molecule has 0 amide bonds. The number of aromatic nitrogens is 2. The van der Waals surface area contributed by atoms with Crippen molar-refractivity contribution in [3.05, 3.63) is 32.7 Å². The van der Waals surface area contributed by atoms with Crippen LogP contribution in [0.15, 0.2) is 21.4 Å². The Bertz CT molecular complexity index is 585. The molecule has 0 atom stereocenters. The van der Waals surface area contributed by atoms with Gasteiger partial charge in [0.15, 0.2) is 0 Å². The number of hydrogen-bond acceptors (Lipinski definition) is 3. The van der Waals surface area contributed by atoms with Crippen LogP contribution in [0.4, 0.5) is 0 Å². The van der Waals surface area contributed by atoms with Crippen LogP contribution in [0, 0.1) is 0 Å². The van der Waals surface area contributed by atoms with Crippen LogP contribution in [0.3, 0.4) is 0 Å². The Morgan fingerprint density at radius 1 is 1.40 bits per heavy atom. The fourth-order valence-corrected chi connectivity index (χ4v) is 1.84. The molecule has 15 heavy (non-hydrogen) atoms. The van der Waals surface area contributed by atoms with Crippen LogP contribution in [-0.4, -0.2) is 23.0 Å². The summed E-state index contributed by atoms with van der Waals surface area (Å²) < 4.78 is 5.31. The van der Waals surface area contributed by atoms with Crippen molar-refractivity contribution in [2.75, 3.05) is 7.11 Å². The highest BCUT2D eigenvalue weighted by Gasteiger charge is 2.13. The minimum absolute atomic E-state index is 0.320. The topological polar surface area (TPSA) is 75.0 Å². The van der Waals surface area contributed by atoms with Gasteiger partial charge in [-0.1, -0.05) is 15.9 Å². The van der Waals surface area contributed by atoms with Crippen LogP contribution < -0.4 is 5.69 Å². The highest BCUT2D eigenvalue weighted by atomic mass is 79.9. The minimum atomic E-state index is -0.489. The van der Waals surface area contributed by atoms with E-state index in [4.69, 9.17) is 0 Å². The maximum atomic E-state index is 11.4. The van der Waals surface area contributed by atoms with Crippen molar-refractivity contribution in [1.82, 2.24) is 9.97 Å². The zero-order valence-electron chi connectivity index (χ0n) is 7.76. The molecule has 0 aliphatic carbocycles. The lowest BCUT2D eigenvalue weighted by atomic mass is 10.2. The Morgan fingerprint density at radius 2 is 2.13 bits per heavy atom. The first-order valence-electron chi connectivity index (χ1n) is 4.11. The van der Waals surface area contributed by atoms with E-state index in [1.165, 1.54) is 7.11 Å². The highest BCUT2D eigenvalue weighted by molar-refractivity contribution is 9.10. The molecule has 1 aromatic carbocycles. The molecule has 6 heteroatoms. The average Bonchev–Trinajstić information content (AvgIpc) is 2.55. The van der Waals surface area contributed by atoms with Gasteiger partial charge >= 0.3 is 11.7 Å². The molecular formula is C9H7BrN2O3. The first kappa shape index (κ1) is 9.97. The smallest absolute Gasteiger partial charge is 0.340 e. The van der Waals surface area contributed by atoms with Gasteiger partial charge in [0.05, 0.1) is 23.7 Å². The minimum Gasteiger partial charge on any atom is -0.465 e. The van der Waals surface area contributed by atoms with Crippen LogP contribution >= 0.6 is 15.9 Å². The maximum absolute atomic E-state index is 11.4. The fraction of sp³-hybridized carbons (Fsp3) is 0.111. The van der Waals surface area contributed by atoms with E-state index >= 15 is 0 Å². The van der Waals surface area contributed by atoms with Gasteiger partial charge in [-0.15, -0.1) is 0 Å². The quantitative estimate of drug-likeness (QED) is 0.770. The SMILES string of the molecule is COC(=O)c1cc(Br)cc2[nH]c(=O)[nH]c12. The standard InChI is InChI=1S/C9H7BrN2O3/c1-15-8(13)5-2-4(10)3-6-7(5)12-9(14)11-6/h2-3H,1H3,(H2,11,12,14). The van der Waals surface area contributed by atoms with E-state index in [1.54, 1.807) is 12.1 Å². The molecule has 0 spiro atoms. The summed E-state index contributed by atoms with van der Waals surface area (Å²) in [5.41, 5.74) is 0.985. The van der Waals surface area contributed by atoms with E-state index in [-0.39, 0.29) is 5.69 Å². The number of H-pyrrole nitrogens is 2. The number of fused-ring (bicyclic) bond motifs is 1. The summed E-state index contributed by atoms with van der Waals surface area (Å²) in [6.07, 6.45) is 0. The molecule has 0 aliphatic rings. The summed E-state index contributed by atoms with van der Waals surface area (Å²) in [5.74, 6) is -0.489. The molecule has 0 saturated carbocycles. The van der Waals surface area contributed by atoms with Crippen molar-refractivity contribution in [2.24, 2.45) is 0 Å². The number of carbonyl (C=O) groups is 1. The number of hydrogen-bond donors (Lipinski definition) is 2. The molecule has 2 N–H and O–H groups in total. The Morgan fingerprint density at radius 3 is 2.80 bits per heavy atom. The Kier molecular flexibility index (Phi) is 2.36. The van der Waals surface area contributed by atoms with E-state index in [0.29, 0.717) is 21.1 Å². The lowest BCUT2D eigenvalue weighted by molar-refractivity contribution is 0.0602. The summed E-state index contributed by atoms with van der Waals surface area (Å²) in [4.78, 5) is 27.6. The molecule has 0 unspecified atom stereocenters. The van der Waals surface area contributed by atoms with Crippen molar-refractivity contribution in [3.8, 4) is 0 Å². The van der Waals surface area contributed by atoms with Gasteiger partial charge in [-0.05, 0) is 12.1 Å². The van der Waals surface area contributed by atoms with Gasteiger partial charge in [-0.2, -0.15) is 0 Å². The predicted molar refractivity (Wildman–Crippen MR) is 58.0 cm³/mol. The van der Waals surface area contributed by atoms with Crippen molar-refractivity contribution in [2.45, 2.75) is 0 Å². The summed E-state index contributed by atoms with van der Waals surface area (Å²) in [6.45, 7) is 0. The van der Waals surface area contributed by atoms with Crippen LogP contribution in [-0.2, 0) is 4.74 Å². The highest BCUT2D eigenvalue weighted by Crippen LogP contribution is 2.21. The van der Waals surface area contributed by atoms with E-state index in [9.17, 15) is 9.59 Å². The predicted octanol–water partition coefficient (Wildman–Crippen LogP) is 1.41. The van der Waals surface area contributed by atoms with E-state index in [1.807, 2.05) is 0 Å². The number of aromatic amines is 2. The lowest BCUT2D eigenvalue weighted by Crippen LogP contribution is -2.03. The number of benzene rings is 1. The molecular weight excluding hydrogens is 264 g/mol. The average molecular weight is 271 g/mol. The van der Waals surface area contributed by atoms with Gasteiger partial charge in [0.25, 0.3) is 0 Å². The molecule has 0 saturated heterocycles. The van der Waals surface area contributed by atoms with E-state index < -0.39 is 5.97 Å². The first-order chi connectivity index (χ1) is 7.11. The zero-order valence-corrected chi connectivity index (χ0v) is 9.34. The van der Waals surface area contributed by atoms with Crippen LogP contribution in [0.2, 0.25) is 0 Å². The van der Waals surface area contributed by atoms with Crippen LogP contribution in [0.25, 0.3) is 11.0 Å². The molecule has 2 rings (SSSR count). The molecule has 5 nitrogen and oxygen atoms in total. The summed E-state index contributed by atoms with van der Waals surface area (Å²) in [7, 11) is 1.29. The third kappa shape index (κ3) is 1.68.